The minimum atomic E-state index is 0.221. The SMILES string of the molecule is CC(=O)N1CCCCC1CCNC(C)S. The Labute approximate surface area is 98.0 Å². The van der Waals surface area contributed by atoms with Gasteiger partial charge in [0, 0.05) is 24.9 Å². The van der Waals surface area contributed by atoms with E-state index in [1.54, 1.807) is 6.92 Å². The number of carbonyl (C=O) groups excluding carboxylic acids is 1. The van der Waals surface area contributed by atoms with Crippen LogP contribution < -0.4 is 5.32 Å². The van der Waals surface area contributed by atoms with Crippen molar-refractivity contribution in [1.82, 2.24) is 10.2 Å². The minimum Gasteiger partial charge on any atom is -0.340 e. The highest BCUT2D eigenvalue weighted by atomic mass is 32.1. The lowest BCUT2D eigenvalue weighted by molar-refractivity contribution is -0.132. The van der Waals surface area contributed by atoms with Crippen LogP contribution in [0, 0.1) is 0 Å². The average Bonchev–Trinajstić information content (AvgIpc) is 2.17. The number of piperidine rings is 1. The number of nitrogens with zero attached hydrogens (tertiary/aromatic N) is 1. The molecule has 0 aliphatic carbocycles. The topological polar surface area (TPSA) is 32.3 Å². The van der Waals surface area contributed by atoms with Crippen molar-refractivity contribution < 1.29 is 4.79 Å². The number of amides is 1. The van der Waals surface area contributed by atoms with Crippen molar-refractivity contribution in [3.05, 3.63) is 0 Å². The molecule has 3 nitrogen and oxygen atoms in total. The second-order valence-corrected chi connectivity index (χ2v) is 5.06. The van der Waals surface area contributed by atoms with Crippen LogP contribution in [0.4, 0.5) is 0 Å². The number of hydrogen-bond donors (Lipinski definition) is 2. The Morgan fingerprint density at radius 1 is 1.60 bits per heavy atom. The number of carbonyl (C=O) groups is 1. The first-order valence-corrected chi connectivity index (χ1v) is 6.31. The maximum atomic E-state index is 11.4. The molecule has 0 aromatic rings. The molecule has 2 unspecified atom stereocenters. The fourth-order valence-electron chi connectivity index (χ4n) is 2.17. The van der Waals surface area contributed by atoms with E-state index in [1.165, 1.54) is 6.42 Å². The second-order valence-electron chi connectivity index (χ2n) is 4.28. The molecule has 1 rings (SSSR count). The zero-order valence-corrected chi connectivity index (χ0v) is 10.6. The first-order valence-electron chi connectivity index (χ1n) is 5.80. The summed E-state index contributed by atoms with van der Waals surface area (Å²) in [7, 11) is 0. The summed E-state index contributed by atoms with van der Waals surface area (Å²) < 4.78 is 0. The zero-order valence-electron chi connectivity index (χ0n) is 9.70. The monoisotopic (exact) mass is 230 g/mol. The first kappa shape index (κ1) is 12.8. The van der Waals surface area contributed by atoms with Crippen molar-refractivity contribution in [2.24, 2.45) is 0 Å². The summed E-state index contributed by atoms with van der Waals surface area (Å²) in [5.41, 5.74) is 0. The molecule has 15 heavy (non-hydrogen) atoms. The van der Waals surface area contributed by atoms with Gasteiger partial charge in [0.05, 0.1) is 0 Å². The lowest BCUT2D eigenvalue weighted by Gasteiger charge is -2.35. The third kappa shape index (κ3) is 4.43. The smallest absolute Gasteiger partial charge is 0.219 e. The van der Waals surface area contributed by atoms with Crippen LogP contribution in [-0.2, 0) is 4.79 Å². The van der Waals surface area contributed by atoms with Crippen molar-refractivity contribution in [2.75, 3.05) is 13.1 Å². The van der Waals surface area contributed by atoms with Crippen LogP contribution in [0.5, 0.6) is 0 Å². The summed E-state index contributed by atoms with van der Waals surface area (Å²) in [6, 6.07) is 0.441. The predicted octanol–water partition coefficient (Wildman–Crippen LogP) is 1.64. The van der Waals surface area contributed by atoms with E-state index in [0.717, 1.165) is 32.4 Å². The highest BCUT2D eigenvalue weighted by molar-refractivity contribution is 7.80. The fourth-order valence-corrected chi connectivity index (χ4v) is 2.30. The minimum absolute atomic E-state index is 0.221. The molecule has 1 amide bonds. The fraction of sp³-hybridized carbons (Fsp3) is 0.909. The van der Waals surface area contributed by atoms with Gasteiger partial charge in [0.15, 0.2) is 0 Å². The van der Waals surface area contributed by atoms with Crippen molar-refractivity contribution in [3.8, 4) is 0 Å². The van der Waals surface area contributed by atoms with E-state index in [0.29, 0.717) is 6.04 Å². The predicted molar refractivity (Wildman–Crippen MR) is 66.1 cm³/mol. The summed E-state index contributed by atoms with van der Waals surface area (Å²) in [5, 5.41) is 3.51. The molecule has 88 valence electrons. The van der Waals surface area contributed by atoms with E-state index in [1.807, 2.05) is 11.8 Å². The van der Waals surface area contributed by atoms with Gasteiger partial charge in [-0.2, -0.15) is 12.6 Å². The summed E-state index contributed by atoms with van der Waals surface area (Å²) in [4.78, 5) is 13.4. The van der Waals surface area contributed by atoms with Crippen LogP contribution in [0.2, 0.25) is 0 Å². The Bertz CT molecular complexity index is 209. The molecule has 1 heterocycles. The maximum absolute atomic E-state index is 11.4. The molecule has 1 aliphatic heterocycles. The normalized spacial score (nSPS) is 23.9. The van der Waals surface area contributed by atoms with Crippen molar-refractivity contribution in [2.45, 2.75) is 50.9 Å². The first-order chi connectivity index (χ1) is 7.11. The van der Waals surface area contributed by atoms with Gasteiger partial charge in [0.25, 0.3) is 0 Å². The molecule has 2 atom stereocenters. The summed E-state index contributed by atoms with van der Waals surface area (Å²) >= 11 is 4.27. The van der Waals surface area contributed by atoms with Gasteiger partial charge in [-0.05, 0) is 39.2 Å². The molecular formula is C11H22N2OS. The van der Waals surface area contributed by atoms with Gasteiger partial charge in [-0.1, -0.05) is 0 Å². The standard InChI is InChI=1S/C11H22N2OS/c1-9(15)12-7-6-11-5-3-4-8-13(11)10(2)14/h9,11-12,15H,3-8H2,1-2H3. The van der Waals surface area contributed by atoms with Crippen LogP contribution >= 0.6 is 12.6 Å². The largest absolute Gasteiger partial charge is 0.340 e. The van der Waals surface area contributed by atoms with E-state index in [9.17, 15) is 4.79 Å². The Morgan fingerprint density at radius 3 is 2.93 bits per heavy atom. The molecule has 0 spiro atoms. The van der Waals surface area contributed by atoms with Gasteiger partial charge in [-0.15, -0.1) is 0 Å². The Kier molecular flexibility index (Phi) is 5.47. The highest BCUT2D eigenvalue weighted by Crippen LogP contribution is 2.19. The Morgan fingerprint density at radius 2 is 2.33 bits per heavy atom. The van der Waals surface area contributed by atoms with Crippen LogP contribution in [0.25, 0.3) is 0 Å². The number of rotatable bonds is 4. The molecular weight excluding hydrogens is 208 g/mol. The van der Waals surface area contributed by atoms with E-state index in [2.05, 4.69) is 17.9 Å². The molecule has 0 aromatic heterocycles. The molecule has 0 bridgehead atoms. The van der Waals surface area contributed by atoms with Crippen LogP contribution in [0.1, 0.15) is 39.5 Å². The maximum Gasteiger partial charge on any atom is 0.219 e. The van der Waals surface area contributed by atoms with E-state index in [4.69, 9.17) is 0 Å². The molecule has 4 heteroatoms. The molecule has 1 fully saturated rings. The molecule has 1 aliphatic rings. The molecule has 0 aromatic carbocycles. The van der Waals surface area contributed by atoms with E-state index >= 15 is 0 Å². The molecule has 0 saturated carbocycles. The summed E-state index contributed by atoms with van der Waals surface area (Å²) in [6.07, 6.45) is 4.62. The van der Waals surface area contributed by atoms with E-state index in [-0.39, 0.29) is 11.3 Å². The lowest BCUT2D eigenvalue weighted by Crippen LogP contribution is -2.44. The van der Waals surface area contributed by atoms with Gasteiger partial charge >= 0.3 is 0 Å². The average molecular weight is 230 g/mol. The third-order valence-electron chi connectivity index (χ3n) is 2.95. The second kappa shape index (κ2) is 6.38. The van der Waals surface area contributed by atoms with Crippen molar-refractivity contribution in [3.63, 3.8) is 0 Å². The highest BCUT2D eigenvalue weighted by Gasteiger charge is 2.23. The molecule has 0 radical (unpaired) electrons. The lowest BCUT2D eigenvalue weighted by atomic mass is 9.99. The quantitative estimate of drug-likeness (QED) is 0.568. The van der Waals surface area contributed by atoms with Gasteiger partial charge in [-0.3, -0.25) is 4.79 Å². The molecule has 1 N–H and O–H groups in total. The summed E-state index contributed by atoms with van der Waals surface area (Å²) in [5.74, 6) is 0.221. The zero-order chi connectivity index (χ0) is 11.3. The number of nitrogens with one attached hydrogen (secondary N) is 1. The van der Waals surface area contributed by atoms with Crippen LogP contribution in [0.3, 0.4) is 0 Å². The van der Waals surface area contributed by atoms with Crippen LogP contribution in [0.15, 0.2) is 0 Å². The Balaban J connectivity index is 2.33. The Hall–Kier alpha value is -0.220. The van der Waals surface area contributed by atoms with Gasteiger partial charge in [0.2, 0.25) is 5.91 Å². The van der Waals surface area contributed by atoms with E-state index < -0.39 is 0 Å². The number of likely N-dealkylation sites (tertiary alicyclic amines) is 1. The number of hydrogen-bond acceptors (Lipinski definition) is 3. The molecule has 1 saturated heterocycles. The van der Waals surface area contributed by atoms with Crippen molar-refractivity contribution >= 4 is 18.5 Å². The van der Waals surface area contributed by atoms with Gasteiger partial charge in [-0.25, -0.2) is 0 Å². The van der Waals surface area contributed by atoms with Gasteiger partial charge < -0.3 is 10.2 Å². The number of thiol groups is 1. The van der Waals surface area contributed by atoms with Gasteiger partial charge in [0.1, 0.15) is 0 Å². The third-order valence-corrected chi connectivity index (χ3v) is 3.13. The summed E-state index contributed by atoms with van der Waals surface area (Å²) in [6.45, 7) is 5.58. The van der Waals surface area contributed by atoms with Crippen molar-refractivity contribution in [1.29, 1.82) is 0 Å². The van der Waals surface area contributed by atoms with Crippen LogP contribution in [-0.4, -0.2) is 35.3 Å².